The molecule has 0 aliphatic carbocycles. The van der Waals surface area contributed by atoms with Gasteiger partial charge >= 0.3 is 0 Å². The van der Waals surface area contributed by atoms with Crippen LogP contribution in [0, 0.1) is 0 Å². The zero-order valence-corrected chi connectivity index (χ0v) is 13.5. The van der Waals surface area contributed by atoms with Crippen LogP contribution in [-0.4, -0.2) is 6.54 Å². The van der Waals surface area contributed by atoms with Crippen LogP contribution in [0.5, 0.6) is 0 Å². The van der Waals surface area contributed by atoms with E-state index in [1.165, 1.54) is 50.3 Å². The SMILES string of the molecule is CCCCCCCCC(NCC)c1cc2ccccc2o1. The van der Waals surface area contributed by atoms with Crippen LogP contribution in [0.15, 0.2) is 34.7 Å². The second-order valence-electron chi connectivity index (χ2n) is 5.85. The van der Waals surface area contributed by atoms with Gasteiger partial charge in [-0.2, -0.15) is 0 Å². The van der Waals surface area contributed by atoms with Crippen molar-refractivity contribution in [2.45, 2.75) is 64.8 Å². The molecule has 21 heavy (non-hydrogen) atoms. The highest BCUT2D eigenvalue weighted by Gasteiger charge is 2.14. The van der Waals surface area contributed by atoms with Gasteiger partial charge in [0.2, 0.25) is 0 Å². The van der Waals surface area contributed by atoms with Gasteiger partial charge in [0.25, 0.3) is 0 Å². The zero-order valence-electron chi connectivity index (χ0n) is 13.5. The lowest BCUT2D eigenvalue weighted by Crippen LogP contribution is -2.20. The first-order valence-electron chi connectivity index (χ1n) is 8.57. The van der Waals surface area contributed by atoms with Crippen LogP contribution in [-0.2, 0) is 0 Å². The summed E-state index contributed by atoms with van der Waals surface area (Å²) in [5.74, 6) is 1.09. The number of para-hydroxylation sites is 1. The number of hydrogen-bond acceptors (Lipinski definition) is 2. The normalized spacial score (nSPS) is 12.9. The summed E-state index contributed by atoms with van der Waals surface area (Å²) in [5, 5.41) is 4.77. The molecule has 0 bridgehead atoms. The van der Waals surface area contributed by atoms with Crippen LogP contribution in [0.25, 0.3) is 11.0 Å². The third kappa shape index (κ3) is 4.89. The van der Waals surface area contributed by atoms with E-state index in [1.54, 1.807) is 0 Å². The quantitative estimate of drug-likeness (QED) is 0.556. The molecule has 1 N–H and O–H groups in total. The van der Waals surface area contributed by atoms with Gasteiger partial charge in [0, 0.05) is 5.39 Å². The van der Waals surface area contributed by atoms with Crippen molar-refractivity contribution < 1.29 is 4.42 Å². The van der Waals surface area contributed by atoms with Crippen molar-refractivity contribution in [2.24, 2.45) is 0 Å². The van der Waals surface area contributed by atoms with E-state index in [4.69, 9.17) is 4.42 Å². The molecule has 0 aliphatic rings. The van der Waals surface area contributed by atoms with Crippen molar-refractivity contribution >= 4 is 11.0 Å². The van der Waals surface area contributed by atoms with Crippen LogP contribution in [0.3, 0.4) is 0 Å². The average Bonchev–Trinajstić information content (AvgIpc) is 2.93. The van der Waals surface area contributed by atoms with Gasteiger partial charge in [-0.3, -0.25) is 0 Å². The summed E-state index contributed by atoms with van der Waals surface area (Å²) in [6.45, 7) is 5.41. The Balaban J connectivity index is 1.88. The number of hydrogen-bond donors (Lipinski definition) is 1. The topological polar surface area (TPSA) is 25.2 Å². The summed E-state index contributed by atoms with van der Waals surface area (Å²) < 4.78 is 6.02. The van der Waals surface area contributed by atoms with E-state index in [2.05, 4.69) is 37.4 Å². The first kappa shape index (κ1) is 16.1. The van der Waals surface area contributed by atoms with Crippen LogP contribution < -0.4 is 5.32 Å². The van der Waals surface area contributed by atoms with Crippen molar-refractivity contribution in [1.29, 1.82) is 0 Å². The molecule has 0 saturated heterocycles. The van der Waals surface area contributed by atoms with Crippen LogP contribution in [0.4, 0.5) is 0 Å². The van der Waals surface area contributed by atoms with Crippen molar-refractivity contribution in [3.63, 3.8) is 0 Å². The van der Waals surface area contributed by atoms with Crippen molar-refractivity contribution in [3.05, 3.63) is 36.1 Å². The number of nitrogens with one attached hydrogen (secondary N) is 1. The molecule has 2 nitrogen and oxygen atoms in total. The van der Waals surface area contributed by atoms with E-state index < -0.39 is 0 Å². The van der Waals surface area contributed by atoms with Crippen molar-refractivity contribution in [2.75, 3.05) is 6.54 Å². The Hall–Kier alpha value is -1.28. The monoisotopic (exact) mass is 287 g/mol. The molecule has 0 spiro atoms. The summed E-state index contributed by atoms with van der Waals surface area (Å²) >= 11 is 0. The molecule has 2 aromatic rings. The maximum absolute atomic E-state index is 6.02. The van der Waals surface area contributed by atoms with E-state index >= 15 is 0 Å². The smallest absolute Gasteiger partial charge is 0.134 e. The molecular formula is C19H29NO. The summed E-state index contributed by atoms with van der Waals surface area (Å²) in [6.07, 6.45) is 9.22. The maximum atomic E-state index is 6.02. The standard InChI is InChI=1S/C19H29NO/c1-3-5-6-7-8-9-13-17(20-4-2)19-15-16-12-10-11-14-18(16)21-19/h10-12,14-15,17,20H,3-9,13H2,1-2H3. The predicted octanol–water partition coefficient (Wildman–Crippen LogP) is 5.83. The summed E-state index contributed by atoms with van der Waals surface area (Å²) in [5.41, 5.74) is 0.998. The Kier molecular flexibility index (Phi) is 6.81. The molecule has 116 valence electrons. The van der Waals surface area contributed by atoms with Gasteiger partial charge in [-0.05, 0) is 25.1 Å². The van der Waals surface area contributed by atoms with E-state index in [-0.39, 0.29) is 0 Å². The minimum atomic E-state index is 0.355. The second kappa shape index (κ2) is 8.89. The third-order valence-corrected chi connectivity index (χ3v) is 4.08. The van der Waals surface area contributed by atoms with Gasteiger partial charge in [0.1, 0.15) is 11.3 Å². The number of furan rings is 1. The summed E-state index contributed by atoms with van der Waals surface area (Å²) in [4.78, 5) is 0. The first-order valence-corrected chi connectivity index (χ1v) is 8.57. The maximum Gasteiger partial charge on any atom is 0.134 e. The Labute approximate surface area is 128 Å². The highest BCUT2D eigenvalue weighted by molar-refractivity contribution is 5.77. The largest absolute Gasteiger partial charge is 0.459 e. The van der Waals surface area contributed by atoms with Crippen molar-refractivity contribution in [3.8, 4) is 0 Å². The lowest BCUT2D eigenvalue weighted by atomic mass is 10.0. The molecule has 1 aromatic heterocycles. The molecule has 0 aliphatic heterocycles. The number of unbranched alkanes of at least 4 members (excludes halogenated alkanes) is 5. The molecule has 2 heteroatoms. The Morgan fingerprint density at radius 1 is 1.00 bits per heavy atom. The van der Waals surface area contributed by atoms with E-state index in [0.29, 0.717) is 6.04 Å². The molecule has 0 saturated carbocycles. The number of benzene rings is 1. The van der Waals surface area contributed by atoms with Crippen LogP contribution >= 0.6 is 0 Å². The molecule has 1 unspecified atom stereocenters. The highest BCUT2D eigenvalue weighted by Crippen LogP contribution is 2.27. The fourth-order valence-electron chi connectivity index (χ4n) is 2.89. The number of fused-ring (bicyclic) bond motifs is 1. The van der Waals surface area contributed by atoms with Crippen molar-refractivity contribution in [1.82, 2.24) is 5.32 Å². The molecule has 1 aromatic carbocycles. The van der Waals surface area contributed by atoms with Gasteiger partial charge in [-0.1, -0.05) is 70.6 Å². The zero-order chi connectivity index (χ0) is 14.9. The fraction of sp³-hybridized carbons (Fsp3) is 0.579. The molecule has 0 amide bonds. The predicted molar refractivity (Wildman–Crippen MR) is 90.6 cm³/mol. The van der Waals surface area contributed by atoms with E-state index in [1.807, 2.05) is 12.1 Å². The lowest BCUT2D eigenvalue weighted by Gasteiger charge is -2.15. The van der Waals surface area contributed by atoms with Gasteiger partial charge in [-0.25, -0.2) is 0 Å². The van der Waals surface area contributed by atoms with Crippen LogP contribution in [0.2, 0.25) is 0 Å². The lowest BCUT2D eigenvalue weighted by molar-refractivity contribution is 0.402. The van der Waals surface area contributed by atoms with Gasteiger partial charge in [-0.15, -0.1) is 0 Å². The Bertz CT molecular complexity index is 484. The molecule has 2 rings (SSSR count). The minimum Gasteiger partial charge on any atom is -0.459 e. The highest BCUT2D eigenvalue weighted by atomic mass is 16.3. The van der Waals surface area contributed by atoms with Gasteiger partial charge in [0.15, 0.2) is 0 Å². The number of rotatable bonds is 10. The average molecular weight is 287 g/mol. The van der Waals surface area contributed by atoms with Crippen LogP contribution in [0.1, 0.15) is 70.6 Å². The van der Waals surface area contributed by atoms with E-state index in [0.717, 1.165) is 17.9 Å². The fourth-order valence-corrected chi connectivity index (χ4v) is 2.89. The molecule has 0 fully saturated rings. The first-order chi connectivity index (χ1) is 10.3. The Morgan fingerprint density at radius 3 is 2.52 bits per heavy atom. The summed E-state index contributed by atoms with van der Waals surface area (Å²) in [7, 11) is 0. The van der Waals surface area contributed by atoms with Gasteiger partial charge in [0.05, 0.1) is 6.04 Å². The minimum absolute atomic E-state index is 0.355. The van der Waals surface area contributed by atoms with E-state index in [9.17, 15) is 0 Å². The molecule has 1 heterocycles. The van der Waals surface area contributed by atoms with Gasteiger partial charge < -0.3 is 9.73 Å². The Morgan fingerprint density at radius 2 is 1.76 bits per heavy atom. The molecule has 1 atom stereocenters. The third-order valence-electron chi connectivity index (χ3n) is 4.08. The second-order valence-corrected chi connectivity index (χ2v) is 5.85. The summed E-state index contributed by atoms with van der Waals surface area (Å²) in [6, 6.07) is 10.8. The molecular weight excluding hydrogens is 258 g/mol. The molecule has 0 radical (unpaired) electrons.